The van der Waals surface area contributed by atoms with Crippen molar-refractivity contribution < 1.29 is 0 Å². The normalized spacial score (nSPS) is 23.5. The van der Waals surface area contributed by atoms with Gasteiger partial charge in [0.05, 0.1) is 0 Å². The fourth-order valence-electron chi connectivity index (χ4n) is 2.79. The average Bonchev–Trinajstić information content (AvgIpc) is 2.49. The number of rotatable bonds is 4. The number of likely N-dealkylation sites (N-methyl/N-ethyl adjacent to an activating group) is 1. The molecule has 2 saturated heterocycles. The average molecular weight is 255 g/mol. The summed E-state index contributed by atoms with van der Waals surface area (Å²) in [6.07, 6.45) is 4.29. The Balaban J connectivity index is 0.000000771. The SMILES string of the molecule is CC.CCN1CCN(CCN2CCCCC2)CC1. The largest absolute Gasteiger partial charge is 0.302 e. The highest BCUT2D eigenvalue weighted by atomic mass is 15.3. The third-order valence-electron chi connectivity index (χ3n) is 4.09. The zero-order chi connectivity index (χ0) is 13.2. The van der Waals surface area contributed by atoms with Crippen LogP contribution in [0.15, 0.2) is 0 Å². The van der Waals surface area contributed by atoms with Crippen molar-refractivity contribution in [2.45, 2.75) is 40.0 Å². The summed E-state index contributed by atoms with van der Waals surface area (Å²) in [6.45, 7) is 17.9. The van der Waals surface area contributed by atoms with Crippen LogP contribution in [0.4, 0.5) is 0 Å². The van der Waals surface area contributed by atoms with Gasteiger partial charge in [0, 0.05) is 39.3 Å². The summed E-state index contributed by atoms with van der Waals surface area (Å²) in [5.74, 6) is 0. The van der Waals surface area contributed by atoms with Gasteiger partial charge in [-0.3, -0.25) is 4.90 Å². The van der Waals surface area contributed by atoms with E-state index in [1.807, 2.05) is 13.8 Å². The van der Waals surface area contributed by atoms with Crippen LogP contribution in [0.25, 0.3) is 0 Å². The summed E-state index contributed by atoms with van der Waals surface area (Å²) in [7, 11) is 0. The zero-order valence-electron chi connectivity index (χ0n) is 12.8. The van der Waals surface area contributed by atoms with Crippen LogP contribution in [-0.4, -0.2) is 73.6 Å². The molecule has 0 unspecified atom stereocenters. The second kappa shape index (κ2) is 9.76. The van der Waals surface area contributed by atoms with E-state index in [1.165, 1.54) is 78.2 Å². The molecule has 0 spiro atoms. The minimum absolute atomic E-state index is 1.22. The Morgan fingerprint density at radius 3 is 1.56 bits per heavy atom. The molecule has 2 rings (SSSR count). The first-order valence-corrected chi connectivity index (χ1v) is 8.05. The Bertz CT molecular complexity index is 182. The molecule has 3 heteroatoms. The third-order valence-corrected chi connectivity index (χ3v) is 4.09. The van der Waals surface area contributed by atoms with Crippen molar-refractivity contribution in [1.82, 2.24) is 14.7 Å². The Morgan fingerprint density at radius 2 is 1.06 bits per heavy atom. The molecule has 0 bridgehead atoms. The van der Waals surface area contributed by atoms with Gasteiger partial charge in [0.1, 0.15) is 0 Å². The lowest BCUT2D eigenvalue weighted by atomic mass is 10.1. The molecule has 2 fully saturated rings. The fraction of sp³-hybridized carbons (Fsp3) is 1.00. The molecule has 0 aromatic carbocycles. The highest BCUT2D eigenvalue weighted by molar-refractivity contribution is 4.73. The molecule has 108 valence electrons. The maximum Gasteiger partial charge on any atom is 0.0110 e. The summed E-state index contributed by atoms with van der Waals surface area (Å²) in [5, 5.41) is 0. The molecule has 18 heavy (non-hydrogen) atoms. The van der Waals surface area contributed by atoms with E-state index >= 15 is 0 Å². The van der Waals surface area contributed by atoms with Gasteiger partial charge in [-0.1, -0.05) is 27.2 Å². The number of hydrogen-bond donors (Lipinski definition) is 0. The van der Waals surface area contributed by atoms with Crippen LogP contribution >= 0.6 is 0 Å². The molecule has 0 N–H and O–H groups in total. The van der Waals surface area contributed by atoms with Crippen LogP contribution in [0.2, 0.25) is 0 Å². The van der Waals surface area contributed by atoms with E-state index < -0.39 is 0 Å². The second-order valence-electron chi connectivity index (χ2n) is 5.18. The Labute approximate surface area is 114 Å². The summed E-state index contributed by atoms with van der Waals surface area (Å²) in [4.78, 5) is 7.84. The standard InChI is InChI=1S/C13H27N3.C2H6/c1-2-14-8-10-16(11-9-14)13-12-15-6-4-3-5-7-15;1-2/h2-13H2,1H3;1-2H3. The second-order valence-corrected chi connectivity index (χ2v) is 5.18. The predicted molar refractivity (Wildman–Crippen MR) is 80.2 cm³/mol. The number of hydrogen-bond acceptors (Lipinski definition) is 3. The van der Waals surface area contributed by atoms with Gasteiger partial charge in [0.25, 0.3) is 0 Å². The first kappa shape index (κ1) is 15.9. The summed E-state index contributed by atoms with van der Waals surface area (Å²) >= 11 is 0. The van der Waals surface area contributed by atoms with Gasteiger partial charge in [0.15, 0.2) is 0 Å². The minimum atomic E-state index is 1.22. The molecule has 2 aliphatic heterocycles. The van der Waals surface area contributed by atoms with Crippen LogP contribution in [0.5, 0.6) is 0 Å². The van der Waals surface area contributed by atoms with E-state index in [2.05, 4.69) is 21.6 Å². The van der Waals surface area contributed by atoms with Crippen molar-refractivity contribution in [3.05, 3.63) is 0 Å². The molecular weight excluding hydrogens is 222 g/mol. The van der Waals surface area contributed by atoms with Crippen molar-refractivity contribution in [2.75, 3.05) is 58.9 Å². The lowest BCUT2D eigenvalue weighted by molar-refractivity contribution is 0.117. The van der Waals surface area contributed by atoms with E-state index in [-0.39, 0.29) is 0 Å². The summed E-state index contributed by atoms with van der Waals surface area (Å²) in [6, 6.07) is 0. The molecule has 0 aromatic rings. The van der Waals surface area contributed by atoms with Crippen LogP contribution in [0, 0.1) is 0 Å². The summed E-state index contributed by atoms with van der Waals surface area (Å²) < 4.78 is 0. The lowest BCUT2D eigenvalue weighted by Crippen LogP contribution is -2.48. The molecule has 0 aliphatic carbocycles. The molecule has 0 amide bonds. The van der Waals surface area contributed by atoms with E-state index in [0.717, 1.165) is 0 Å². The number of piperazine rings is 1. The molecule has 3 nitrogen and oxygen atoms in total. The molecule has 0 saturated carbocycles. The minimum Gasteiger partial charge on any atom is -0.302 e. The maximum atomic E-state index is 2.65. The first-order chi connectivity index (χ1) is 8.88. The van der Waals surface area contributed by atoms with Crippen LogP contribution in [0.3, 0.4) is 0 Å². The first-order valence-electron chi connectivity index (χ1n) is 8.05. The van der Waals surface area contributed by atoms with Gasteiger partial charge in [-0.25, -0.2) is 0 Å². The van der Waals surface area contributed by atoms with E-state index in [1.54, 1.807) is 0 Å². The van der Waals surface area contributed by atoms with Gasteiger partial charge in [-0.2, -0.15) is 0 Å². The van der Waals surface area contributed by atoms with E-state index in [4.69, 9.17) is 0 Å². The van der Waals surface area contributed by atoms with Gasteiger partial charge in [-0.15, -0.1) is 0 Å². The third kappa shape index (κ3) is 5.68. The maximum absolute atomic E-state index is 2.65. The van der Waals surface area contributed by atoms with Gasteiger partial charge < -0.3 is 9.80 Å². The molecule has 0 atom stereocenters. The van der Waals surface area contributed by atoms with Gasteiger partial charge >= 0.3 is 0 Å². The van der Waals surface area contributed by atoms with Gasteiger partial charge in [0.2, 0.25) is 0 Å². The smallest absolute Gasteiger partial charge is 0.0110 e. The van der Waals surface area contributed by atoms with Crippen LogP contribution < -0.4 is 0 Å². The monoisotopic (exact) mass is 255 g/mol. The Kier molecular flexibility index (Phi) is 8.64. The van der Waals surface area contributed by atoms with Crippen molar-refractivity contribution in [3.63, 3.8) is 0 Å². The number of nitrogens with zero attached hydrogens (tertiary/aromatic N) is 3. The predicted octanol–water partition coefficient (Wildman–Crippen LogP) is 2.14. The van der Waals surface area contributed by atoms with E-state index in [0.29, 0.717) is 0 Å². The van der Waals surface area contributed by atoms with Crippen LogP contribution in [-0.2, 0) is 0 Å². The molecule has 0 radical (unpaired) electrons. The highest BCUT2D eigenvalue weighted by Gasteiger charge is 2.16. The van der Waals surface area contributed by atoms with Crippen molar-refractivity contribution >= 4 is 0 Å². The fourth-order valence-corrected chi connectivity index (χ4v) is 2.79. The van der Waals surface area contributed by atoms with Crippen LogP contribution in [0.1, 0.15) is 40.0 Å². The lowest BCUT2D eigenvalue weighted by Gasteiger charge is -2.35. The Hall–Kier alpha value is -0.120. The number of likely N-dealkylation sites (tertiary alicyclic amines) is 1. The number of piperidine rings is 1. The zero-order valence-corrected chi connectivity index (χ0v) is 12.8. The molecular formula is C15H33N3. The summed E-state index contributed by atoms with van der Waals surface area (Å²) in [5.41, 5.74) is 0. The molecule has 2 heterocycles. The topological polar surface area (TPSA) is 9.72 Å². The Morgan fingerprint density at radius 1 is 0.611 bits per heavy atom. The van der Waals surface area contributed by atoms with Gasteiger partial charge in [-0.05, 0) is 32.5 Å². The van der Waals surface area contributed by atoms with Crippen molar-refractivity contribution in [1.29, 1.82) is 0 Å². The van der Waals surface area contributed by atoms with E-state index in [9.17, 15) is 0 Å². The van der Waals surface area contributed by atoms with Crippen molar-refractivity contribution in [2.24, 2.45) is 0 Å². The molecule has 0 aromatic heterocycles. The quantitative estimate of drug-likeness (QED) is 0.762. The highest BCUT2D eigenvalue weighted by Crippen LogP contribution is 2.08. The van der Waals surface area contributed by atoms with Crippen molar-refractivity contribution in [3.8, 4) is 0 Å². The molecule has 2 aliphatic rings.